The Hall–Kier alpha value is -2.89. The Bertz CT molecular complexity index is 811. The van der Waals surface area contributed by atoms with E-state index < -0.39 is 52.9 Å². The monoisotopic (exact) mass is 379 g/mol. The molecular formula is C14H10F5N3O4. The highest BCUT2D eigenvalue weighted by molar-refractivity contribution is 6.02. The lowest BCUT2D eigenvalue weighted by Gasteiger charge is -2.23. The minimum Gasteiger partial charge on any atom is -0.480 e. The molecule has 1 unspecified atom stereocenters. The second-order valence-electron chi connectivity index (χ2n) is 5.47. The normalized spacial score (nSPS) is 20.4. The molecule has 0 radical (unpaired) electrons. The summed E-state index contributed by atoms with van der Waals surface area (Å²) < 4.78 is 66.3. The predicted molar refractivity (Wildman–Crippen MR) is 75.3 cm³/mol. The number of carboxylic acid groups (broad SMARTS) is 1. The van der Waals surface area contributed by atoms with E-state index >= 15 is 0 Å². The number of benzene rings is 1. The largest absolute Gasteiger partial charge is 0.480 e. The van der Waals surface area contributed by atoms with Crippen LogP contribution < -0.4 is 15.5 Å². The molecule has 7 nitrogen and oxygen atoms in total. The number of amides is 1. The van der Waals surface area contributed by atoms with Gasteiger partial charge in [0.2, 0.25) is 11.7 Å². The van der Waals surface area contributed by atoms with Crippen molar-refractivity contribution in [1.82, 2.24) is 5.59 Å². The zero-order valence-electron chi connectivity index (χ0n) is 12.7. The van der Waals surface area contributed by atoms with Crippen LogP contribution in [0.2, 0.25) is 0 Å². The van der Waals surface area contributed by atoms with Crippen LogP contribution in [0.25, 0.3) is 0 Å². The van der Waals surface area contributed by atoms with Gasteiger partial charge in [-0.1, -0.05) is 5.59 Å². The number of hydrogen-bond acceptors (Lipinski definition) is 5. The first-order valence-corrected chi connectivity index (χ1v) is 7.14. The Morgan fingerprint density at radius 2 is 1.85 bits per heavy atom. The summed E-state index contributed by atoms with van der Waals surface area (Å²) >= 11 is 0. The third-order valence-electron chi connectivity index (χ3n) is 3.81. The molecule has 0 aromatic heterocycles. The van der Waals surface area contributed by atoms with Gasteiger partial charge >= 0.3 is 12.1 Å². The van der Waals surface area contributed by atoms with Crippen LogP contribution in [-0.2, 0) is 14.4 Å². The lowest BCUT2D eigenvalue weighted by atomic mass is 10.2. The number of allylic oxidation sites excluding steroid dienone is 1. The number of nitrogens with one attached hydrogen (secondary N) is 1. The summed E-state index contributed by atoms with van der Waals surface area (Å²) in [5.41, 5.74) is 0.503. The summed E-state index contributed by atoms with van der Waals surface area (Å²) in [6, 6.07) is -0.279. The van der Waals surface area contributed by atoms with Crippen LogP contribution in [0.1, 0.15) is 12.8 Å². The van der Waals surface area contributed by atoms with Crippen molar-refractivity contribution in [2.24, 2.45) is 0 Å². The molecule has 2 aliphatic heterocycles. The maximum atomic E-state index is 14.4. The van der Waals surface area contributed by atoms with Crippen molar-refractivity contribution in [2.45, 2.75) is 25.1 Å². The number of alkyl halides is 3. The van der Waals surface area contributed by atoms with Gasteiger partial charge in [-0.15, -0.1) is 0 Å². The maximum Gasteiger partial charge on any atom is 0.453 e. The fraction of sp³-hybridized carbons (Fsp3) is 0.286. The van der Waals surface area contributed by atoms with E-state index in [1.54, 1.807) is 5.59 Å². The Kier molecular flexibility index (Phi) is 4.22. The van der Waals surface area contributed by atoms with Crippen LogP contribution in [-0.4, -0.2) is 29.2 Å². The molecular weight excluding hydrogens is 369 g/mol. The van der Waals surface area contributed by atoms with E-state index in [1.165, 1.54) is 0 Å². The summed E-state index contributed by atoms with van der Waals surface area (Å²) in [6.45, 7) is 0. The van der Waals surface area contributed by atoms with E-state index in [4.69, 9.17) is 5.11 Å². The number of anilines is 2. The lowest BCUT2D eigenvalue weighted by Crippen LogP contribution is -2.39. The molecule has 1 atom stereocenters. The first kappa shape index (κ1) is 17.9. The van der Waals surface area contributed by atoms with Gasteiger partial charge < -0.3 is 9.94 Å². The molecule has 1 saturated heterocycles. The number of carbonyl (C=O) groups excluding carboxylic acids is 1. The van der Waals surface area contributed by atoms with E-state index in [9.17, 15) is 31.5 Å². The molecule has 1 aromatic carbocycles. The standard InChI is InChI=1S/C14H10F5N3O4/c15-6-4-10(22-8(13(24)25)1-2-12(22)23)7(16)3-9(6)21-5-11(26-20-21)14(17,18)19/h3-5,8,20H,1-2H2,(H,24,25). The minimum absolute atomic E-state index is 0.0732. The number of hydrogen-bond donors (Lipinski definition) is 2. The lowest BCUT2D eigenvalue weighted by molar-refractivity contribution is -0.139. The fourth-order valence-corrected chi connectivity index (χ4v) is 2.63. The number of carbonyl (C=O) groups is 2. The van der Waals surface area contributed by atoms with Crippen molar-refractivity contribution in [3.8, 4) is 0 Å². The van der Waals surface area contributed by atoms with E-state index in [2.05, 4.69) is 4.84 Å². The van der Waals surface area contributed by atoms with Gasteiger partial charge in [-0.3, -0.25) is 9.69 Å². The van der Waals surface area contributed by atoms with Crippen LogP contribution >= 0.6 is 0 Å². The molecule has 140 valence electrons. The first-order valence-electron chi connectivity index (χ1n) is 7.14. The maximum absolute atomic E-state index is 14.4. The van der Waals surface area contributed by atoms with Crippen LogP contribution in [0, 0.1) is 11.6 Å². The Labute approximate surface area is 142 Å². The fourth-order valence-electron chi connectivity index (χ4n) is 2.63. The topological polar surface area (TPSA) is 82.1 Å². The molecule has 2 aliphatic rings. The number of rotatable bonds is 3. The summed E-state index contributed by atoms with van der Waals surface area (Å²) in [4.78, 5) is 27.8. The van der Waals surface area contributed by atoms with Crippen molar-refractivity contribution in [2.75, 3.05) is 9.91 Å². The van der Waals surface area contributed by atoms with Gasteiger partial charge in [-0.05, 0) is 6.42 Å². The molecule has 0 spiro atoms. The molecule has 0 saturated carbocycles. The number of halogens is 5. The van der Waals surface area contributed by atoms with Crippen molar-refractivity contribution < 1.29 is 41.5 Å². The molecule has 0 bridgehead atoms. The zero-order chi connectivity index (χ0) is 19.2. The predicted octanol–water partition coefficient (Wildman–Crippen LogP) is 2.20. The van der Waals surface area contributed by atoms with Crippen LogP contribution in [0.4, 0.5) is 33.3 Å². The Morgan fingerprint density at radius 1 is 1.23 bits per heavy atom. The highest BCUT2D eigenvalue weighted by Gasteiger charge is 2.42. The first-order chi connectivity index (χ1) is 12.1. The minimum atomic E-state index is -4.84. The number of aliphatic carboxylic acids is 1. The highest BCUT2D eigenvalue weighted by Crippen LogP contribution is 2.35. The SMILES string of the molecule is O=C(O)C1CCC(=O)N1c1cc(F)c(N2C=C(C(F)(F)F)ON2)cc1F. The van der Waals surface area contributed by atoms with Gasteiger partial charge in [0, 0.05) is 18.6 Å². The number of carboxylic acids is 1. The number of hydrazine groups is 1. The van der Waals surface area contributed by atoms with E-state index in [0.717, 1.165) is 0 Å². The Morgan fingerprint density at radius 3 is 2.42 bits per heavy atom. The molecule has 1 fully saturated rings. The van der Waals surface area contributed by atoms with Gasteiger partial charge in [-0.2, -0.15) is 13.2 Å². The van der Waals surface area contributed by atoms with Crippen LogP contribution in [0.5, 0.6) is 0 Å². The van der Waals surface area contributed by atoms with Gasteiger partial charge in [-0.25, -0.2) is 18.6 Å². The zero-order valence-corrected chi connectivity index (χ0v) is 12.7. The quantitative estimate of drug-likeness (QED) is 0.784. The second kappa shape index (κ2) is 6.12. The van der Waals surface area contributed by atoms with E-state index in [-0.39, 0.29) is 12.8 Å². The third kappa shape index (κ3) is 3.03. The van der Waals surface area contributed by atoms with Gasteiger partial charge in [0.15, 0.2) is 5.82 Å². The molecule has 1 aromatic rings. The smallest absolute Gasteiger partial charge is 0.453 e. The van der Waals surface area contributed by atoms with Crippen molar-refractivity contribution >= 4 is 23.3 Å². The van der Waals surface area contributed by atoms with Crippen LogP contribution in [0.15, 0.2) is 24.1 Å². The van der Waals surface area contributed by atoms with E-state index in [1.807, 2.05) is 0 Å². The number of nitrogens with zero attached hydrogens (tertiary/aromatic N) is 2. The van der Waals surface area contributed by atoms with Gasteiger partial charge in [0.25, 0.3) is 0 Å². The van der Waals surface area contributed by atoms with Gasteiger partial charge in [0.1, 0.15) is 11.9 Å². The molecule has 0 aliphatic carbocycles. The molecule has 2 N–H and O–H groups in total. The van der Waals surface area contributed by atoms with Crippen molar-refractivity contribution in [3.05, 3.63) is 35.7 Å². The van der Waals surface area contributed by atoms with Crippen molar-refractivity contribution in [3.63, 3.8) is 0 Å². The summed E-state index contributed by atoms with van der Waals surface area (Å²) in [5, 5.41) is 9.56. The molecule has 1 amide bonds. The summed E-state index contributed by atoms with van der Waals surface area (Å²) in [5.74, 6) is -5.93. The third-order valence-corrected chi connectivity index (χ3v) is 3.81. The molecule has 26 heavy (non-hydrogen) atoms. The van der Waals surface area contributed by atoms with Gasteiger partial charge in [0.05, 0.1) is 17.6 Å². The highest BCUT2D eigenvalue weighted by atomic mass is 19.4. The van der Waals surface area contributed by atoms with Crippen LogP contribution in [0.3, 0.4) is 0 Å². The van der Waals surface area contributed by atoms with E-state index in [0.29, 0.717) is 28.2 Å². The average molecular weight is 379 g/mol. The molecule has 2 heterocycles. The average Bonchev–Trinajstić information content (AvgIpc) is 3.15. The Balaban J connectivity index is 1.96. The molecule has 3 rings (SSSR count). The van der Waals surface area contributed by atoms with Crippen molar-refractivity contribution in [1.29, 1.82) is 0 Å². The molecule has 12 heteroatoms. The second-order valence-corrected chi connectivity index (χ2v) is 5.47. The summed E-state index contributed by atoms with van der Waals surface area (Å²) in [7, 11) is 0. The summed E-state index contributed by atoms with van der Waals surface area (Å²) in [6.07, 6.45) is -4.69.